The zero-order valence-electron chi connectivity index (χ0n) is 23.7. The molecular formula is C31H42FN3O4. The molecule has 2 amide bonds. The number of hydrogen-bond donors (Lipinski definition) is 0. The number of methoxy groups -OCH3 is 1. The minimum atomic E-state index is -0.583. The van der Waals surface area contributed by atoms with E-state index in [0.29, 0.717) is 44.8 Å². The molecule has 0 aromatic heterocycles. The van der Waals surface area contributed by atoms with Gasteiger partial charge in [0.2, 0.25) is 5.91 Å². The number of carbonyl (C=O) groups is 2. The highest BCUT2D eigenvalue weighted by Gasteiger charge is 2.33. The summed E-state index contributed by atoms with van der Waals surface area (Å²) in [5, 5.41) is 0. The Balaban J connectivity index is 1.54. The lowest BCUT2D eigenvalue weighted by atomic mass is 9.87. The van der Waals surface area contributed by atoms with Crippen molar-refractivity contribution in [1.82, 2.24) is 14.7 Å². The maximum Gasteiger partial charge on any atom is 0.263 e. The van der Waals surface area contributed by atoms with Crippen molar-refractivity contribution < 1.29 is 23.5 Å². The molecular weight excluding hydrogens is 497 g/mol. The Morgan fingerprint density at radius 1 is 1.03 bits per heavy atom. The van der Waals surface area contributed by atoms with Crippen molar-refractivity contribution in [2.75, 3.05) is 53.0 Å². The van der Waals surface area contributed by atoms with Crippen LogP contribution < -0.4 is 4.74 Å². The molecule has 4 rings (SSSR count). The van der Waals surface area contributed by atoms with E-state index in [-0.39, 0.29) is 29.6 Å². The minimum Gasteiger partial charge on any atom is -0.481 e. The first-order chi connectivity index (χ1) is 18.8. The summed E-state index contributed by atoms with van der Waals surface area (Å²) >= 11 is 0. The molecule has 212 valence electrons. The Morgan fingerprint density at radius 2 is 1.74 bits per heavy atom. The van der Waals surface area contributed by atoms with Crippen molar-refractivity contribution in [1.29, 1.82) is 0 Å². The summed E-state index contributed by atoms with van der Waals surface area (Å²) in [5.74, 6) is 0.627. The number of nitrogens with zero attached hydrogens (tertiary/aromatic N) is 3. The number of piperazine rings is 1. The lowest BCUT2D eigenvalue weighted by Crippen LogP contribution is -2.52. The van der Waals surface area contributed by atoms with Crippen molar-refractivity contribution in [3.05, 3.63) is 65.0 Å². The standard InChI is InChI=1S/C31H42FN3O4/c1-5-28(31(37)34-16-14-33(15-17-34)18-19-38-4)39-26-11-8-23-12-13-35(29(36)20-22(2)3)30(27(23)21-26)24-6-9-25(32)10-7-24/h6-11,21-22,28,30H,5,12-20H2,1-4H3. The summed E-state index contributed by atoms with van der Waals surface area (Å²) in [6.07, 6.45) is 1.16. The van der Waals surface area contributed by atoms with Gasteiger partial charge in [0.25, 0.3) is 5.91 Å². The molecule has 2 aliphatic heterocycles. The van der Waals surface area contributed by atoms with Crippen molar-refractivity contribution >= 4 is 11.8 Å². The minimum absolute atomic E-state index is 0.00503. The number of rotatable bonds is 10. The van der Waals surface area contributed by atoms with Crippen LogP contribution in [-0.4, -0.2) is 85.6 Å². The Morgan fingerprint density at radius 3 is 2.38 bits per heavy atom. The van der Waals surface area contributed by atoms with Gasteiger partial charge in [-0.05, 0) is 59.7 Å². The molecule has 2 atom stereocenters. The molecule has 0 spiro atoms. The number of ether oxygens (including phenoxy) is 2. The second-order valence-corrected chi connectivity index (χ2v) is 10.9. The number of fused-ring (bicyclic) bond motifs is 1. The molecule has 1 fully saturated rings. The third-order valence-electron chi connectivity index (χ3n) is 7.65. The quantitative estimate of drug-likeness (QED) is 0.451. The number of carbonyl (C=O) groups excluding carboxylic acids is 2. The maximum atomic E-state index is 13.8. The van der Waals surface area contributed by atoms with Crippen LogP contribution in [0.2, 0.25) is 0 Å². The van der Waals surface area contributed by atoms with Crippen LogP contribution in [0.1, 0.15) is 56.3 Å². The predicted octanol–water partition coefficient (Wildman–Crippen LogP) is 4.29. The zero-order chi connectivity index (χ0) is 27.9. The first-order valence-corrected chi connectivity index (χ1v) is 14.1. The summed E-state index contributed by atoms with van der Waals surface area (Å²) in [5.41, 5.74) is 2.97. The van der Waals surface area contributed by atoms with E-state index in [1.807, 2.05) is 48.8 Å². The van der Waals surface area contributed by atoms with Gasteiger partial charge in [-0.1, -0.05) is 39.0 Å². The van der Waals surface area contributed by atoms with Crippen LogP contribution in [0.25, 0.3) is 0 Å². The molecule has 0 saturated carbocycles. The summed E-state index contributed by atoms with van der Waals surface area (Å²) < 4.78 is 25.3. The van der Waals surface area contributed by atoms with Crippen LogP contribution in [0.5, 0.6) is 5.75 Å². The first kappa shape index (κ1) is 29.0. The number of hydrogen-bond acceptors (Lipinski definition) is 5. The van der Waals surface area contributed by atoms with E-state index in [9.17, 15) is 14.0 Å². The summed E-state index contributed by atoms with van der Waals surface area (Å²) in [6.45, 7) is 11.2. The van der Waals surface area contributed by atoms with Crippen LogP contribution in [0, 0.1) is 11.7 Å². The Labute approximate surface area is 231 Å². The van der Waals surface area contributed by atoms with Crippen molar-refractivity contribution in [2.45, 2.75) is 52.2 Å². The zero-order valence-corrected chi connectivity index (χ0v) is 23.7. The fraction of sp³-hybridized carbons (Fsp3) is 0.548. The molecule has 0 bridgehead atoms. The highest BCUT2D eigenvalue weighted by molar-refractivity contribution is 5.81. The van der Waals surface area contributed by atoms with E-state index in [1.54, 1.807) is 19.2 Å². The molecule has 2 aliphatic rings. The topological polar surface area (TPSA) is 62.3 Å². The lowest BCUT2D eigenvalue weighted by molar-refractivity contribution is -0.140. The molecule has 0 N–H and O–H groups in total. The Bertz CT molecular complexity index is 1120. The third-order valence-corrected chi connectivity index (χ3v) is 7.65. The maximum absolute atomic E-state index is 13.8. The van der Waals surface area contributed by atoms with Gasteiger partial charge in [0.05, 0.1) is 12.6 Å². The monoisotopic (exact) mass is 539 g/mol. The number of benzene rings is 2. The summed E-state index contributed by atoms with van der Waals surface area (Å²) in [4.78, 5) is 32.8. The smallest absolute Gasteiger partial charge is 0.263 e. The molecule has 2 aromatic rings. The molecule has 2 heterocycles. The van der Waals surface area contributed by atoms with Crippen LogP contribution in [0.15, 0.2) is 42.5 Å². The van der Waals surface area contributed by atoms with Gasteiger partial charge < -0.3 is 19.3 Å². The number of amides is 2. The van der Waals surface area contributed by atoms with Gasteiger partial charge >= 0.3 is 0 Å². The van der Waals surface area contributed by atoms with Gasteiger partial charge in [-0.15, -0.1) is 0 Å². The lowest BCUT2D eigenvalue weighted by Gasteiger charge is -2.39. The van der Waals surface area contributed by atoms with Crippen molar-refractivity contribution in [2.24, 2.45) is 5.92 Å². The molecule has 1 saturated heterocycles. The highest BCUT2D eigenvalue weighted by atomic mass is 19.1. The predicted molar refractivity (Wildman–Crippen MR) is 149 cm³/mol. The summed E-state index contributed by atoms with van der Waals surface area (Å²) in [7, 11) is 1.70. The number of halogens is 1. The van der Waals surface area contributed by atoms with Gasteiger partial charge in [-0.2, -0.15) is 0 Å². The molecule has 2 aromatic carbocycles. The van der Waals surface area contributed by atoms with E-state index in [0.717, 1.165) is 42.7 Å². The van der Waals surface area contributed by atoms with Gasteiger partial charge in [0.15, 0.2) is 6.10 Å². The van der Waals surface area contributed by atoms with Gasteiger partial charge in [-0.25, -0.2) is 4.39 Å². The fourth-order valence-corrected chi connectivity index (χ4v) is 5.49. The second-order valence-electron chi connectivity index (χ2n) is 10.9. The van der Waals surface area contributed by atoms with Crippen molar-refractivity contribution in [3.8, 4) is 5.75 Å². The first-order valence-electron chi connectivity index (χ1n) is 14.1. The van der Waals surface area contributed by atoms with Crippen LogP contribution in [0.4, 0.5) is 4.39 Å². The SMILES string of the molecule is CCC(Oc1ccc2c(c1)C(c1ccc(F)cc1)N(C(=O)CC(C)C)CC2)C(=O)N1CCN(CCOC)CC1. The normalized spacial score (nSPS) is 18.7. The molecule has 39 heavy (non-hydrogen) atoms. The molecule has 8 heteroatoms. The molecule has 7 nitrogen and oxygen atoms in total. The van der Waals surface area contributed by atoms with E-state index < -0.39 is 6.10 Å². The Hall–Kier alpha value is -2.97. The molecule has 2 unspecified atom stereocenters. The second kappa shape index (κ2) is 13.4. The highest BCUT2D eigenvalue weighted by Crippen LogP contribution is 2.38. The van der Waals surface area contributed by atoms with Crippen molar-refractivity contribution in [3.63, 3.8) is 0 Å². The molecule has 0 radical (unpaired) electrons. The van der Waals surface area contributed by atoms with Crippen LogP contribution in [0.3, 0.4) is 0 Å². The van der Waals surface area contributed by atoms with E-state index in [2.05, 4.69) is 4.90 Å². The van der Waals surface area contributed by atoms with E-state index in [1.165, 1.54) is 12.1 Å². The average molecular weight is 540 g/mol. The van der Waals surface area contributed by atoms with Gasteiger partial charge in [-0.3, -0.25) is 14.5 Å². The van der Waals surface area contributed by atoms with E-state index in [4.69, 9.17) is 9.47 Å². The fourth-order valence-electron chi connectivity index (χ4n) is 5.49. The molecule has 0 aliphatic carbocycles. The van der Waals surface area contributed by atoms with Crippen LogP contribution >= 0.6 is 0 Å². The van der Waals surface area contributed by atoms with Crippen LogP contribution in [-0.2, 0) is 20.7 Å². The summed E-state index contributed by atoms with van der Waals surface area (Å²) in [6, 6.07) is 12.0. The third kappa shape index (κ3) is 7.17. The largest absolute Gasteiger partial charge is 0.481 e. The van der Waals surface area contributed by atoms with Gasteiger partial charge in [0.1, 0.15) is 11.6 Å². The van der Waals surface area contributed by atoms with Gasteiger partial charge in [0, 0.05) is 52.8 Å². The average Bonchev–Trinajstić information content (AvgIpc) is 2.94. The van der Waals surface area contributed by atoms with E-state index >= 15 is 0 Å². The Kier molecular flexibility index (Phi) is 9.97.